The highest BCUT2D eigenvalue weighted by molar-refractivity contribution is 7.91. The predicted octanol–water partition coefficient (Wildman–Crippen LogP) is 3.76. The SMILES string of the molecule is Cc1nc2cccc(F)c2nc1O[C@@H]1C[C@H]2C(=O)N[C@]3(C(=O)NS(=O)(=O)C4(C)CC4)C[C@H]3C=CCCCCC[C@H](NC(=O)c3cccc(F)c3)C(=O)N2C1. The number of nitrogens with zero attached hydrogens (tertiary/aromatic N) is 3. The summed E-state index contributed by atoms with van der Waals surface area (Å²) in [5.41, 5.74) is -0.915. The molecule has 4 aliphatic rings. The van der Waals surface area contributed by atoms with E-state index in [4.69, 9.17) is 4.74 Å². The zero-order valence-corrected chi connectivity index (χ0v) is 30.8. The van der Waals surface area contributed by atoms with Crippen molar-refractivity contribution in [1.29, 1.82) is 0 Å². The number of aryl methyl sites for hydroxylation is 1. The minimum absolute atomic E-state index is 0.00572. The molecule has 2 saturated carbocycles. The summed E-state index contributed by atoms with van der Waals surface area (Å²) in [7, 11) is -4.03. The van der Waals surface area contributed by atoms with Crippen molar-refractivity contribution in [2.24, 2.45) is 5.92 Å². The molecule has 3 aromatic rings. The van der Waals surface area contributed by atoms with Crippen LogP contribution in [-0.2, 0) is 24.4 Å². The lowest BCUT2D eigenvalue weighted by atomic mass is 10.0. The van der Waals surface area contributed by atoms with E-state index in [1.165, 1.54) is 35.2 Å². The molecule has 2 aliphatic carbocycles. The van der Waals surface area contributed by atoms with Gasteiger partial charge in [-0.3, -0.25) is 23.9 Å². The third-order valence-electron chi connectivity index (χ3n) is 10.9. The predicted molar refractivity (Wildman–Crippen MR) is 192 cm³/mol. The zero-order valence-electron chi connectivity index (χ0n) is 29.9. The maximum Gasteiger partial charge on any atom is 0.259 e. The molecule has 0 radical (unpaired) electrons. The lowest BCUT2D eigenvalue weighted by molar-refractivity contribution is -0.141. The molecule has 1 saturated heterocycles. The second-order valence-corrected chi connectivity index (χ2v) is 17.2. The molecule has 16 heteroatoms. The van der Waals surface area contributed by atoms with Crippen molar-refractivity contribution >= 4 is 44.7 Å². The molecule has 4 amide bonds. The van der Waals surface area contributed by atoms with Gasteiger partial charge in [0, 0.05) is 17.9 Å². The number of ether oxygens (including phenoxy) is 1. The van der Waals surface area contributed by atoms with Crippen LogP contribution in [0.4, 0.5) is 8.78 Å². The number of benzene rings is 2. The molecular weight excluding hydrogens is 723 g/mol. The summed E-state index contributed by atoms with van der Waals surface area (Å²) in [5, 5.41) is 5.56. The molecule has 3 fully saturated rings. The average Bonchev–Trinajstić information content (AvgIpc) is 4.01. The lowest BCUT2D eigenvalue weighted by Gasteiger charge is -2.30. The summed E-state index contributed by atoms with van der Waals surface area (Å²) >= 11 is 0. The van der Waals surface area contributed by atoms with E-state index in [0.717, 1.165) is 12.5 Å². The number of nitrogens with one attached hydrogen (secondary N) is 3. The zero-order chi connectivity index (χ0) is 38.4. The van der Waals surface area contributed by atoms with Crippen molar-refractivity contribution in [2.75, 3.05) is 6.54 Å². The Hall–Kier alpha value is -4.99. The van der Waals surface area contributed by atoms with Crippen LogP contribution in [0.5, 0.6) is 5.88 Å². The van der Waals surface area contributed by atoms with Crippen LogP contribution in [0.25, 0.3) is 11.0 Å². The first kappa shape index (κ1) is 37.3. The second-order valence-electron chi connectivity index (χ2n) is 15.0. The summed E-state index contributed by atoms with van der Waals surface area (Å²) < 4.78 is 62.3. The lowest BCUT2D eigenvalue weighted by Crippen LogP contribution is -2.58. The number of halogens is 2. The van der Waals surface area contributed by atoms with Crippen LogP contribution in [0, 0.1) is 24.5 Å². The molecule has 3 N–H and O–H groups in total. The van der Waals surface area contributed by atoms with Gasteiger partial charge in [0.25, 0.3) is 11.8 Å². The molecule has 13 nitrogen and oxygen atoms in total. The van der Waals surface area contributed by atoms with Gasteiger partial charge >= 0.3 is 0 Å². The van der Waals surface area contributed by atoms with E-state index in [9.17, 15) is 36.4 Å². The molecule has 7 rings (SSSR count). The van der Waals surface area contributed by atoms with Crippen LogP contribution in [0.15, 0.2) is 54.6 Å². The van der Waals surface area contributed by atoms with E-state index >= 15 is 0 Å². The highest BCUT2D eigenvalue weighted by atomic mass is 32.2. The van der Waals surface area contributed by atoms with Crippen molar-refractivity contribution in [1.82, 2.24) is 30.2 Å². The second kappa shape index (κ2) is 14.3. The van der Waals surface area contributed by atoms with Crippen molar-refractivity contribution in [3.05, 3.63) is 77.5 Å². The molecule has 54 heavy (non-hydrogen) atoms. The Bertz CT molecular complexity index is 2160. The van der Waals surface area contributed by atoms with E-state index < -0.39 is 79.7 Å². The molecule has 5 atom stereocenters. The molecule has 2 aromatic carbocycles. The molecule has 286 valence electrons. The Morgan fingerprint density at radius 1 is 1.06 bits per heavy atom. The van der Waals surface area contributed by atoms with Gasteiger partial charge in [-0.25, -0.2) is 27.2 Å². The van der Waals surface area contributed by atoms with Crippen molar-refractivity contribution in [2.45, 2.75) is 100 Å². The van der Waals surface area contributed by atoms with Crippen LogP contribution in [-0.4, -0.2) is 81.9 Å². The number of allylic oxidation sites excluding steroid dienone is 1. The highest BCUT2D eigenvalue weighted by Gasteiger charge is 2.63. The van der Waals surface area contributed by atoms with Crippen molar-refractivity contribution in [3.8, 4) is 5.88 Å². The quantitative estimate of drug-likeness (QED) is 0.303. The van der Waals surface area contributed by atoms with Crippen LogP contribution in [0.2, 0.25) is 0 Å². The van der Waals surface area contributed by atoms with Gasteiger partial charge < -0.3 is 20.3 Å². The molecule has 0 spiro atoms. The Morgan fingerprint density at radius 3 is 2.59 bits per heavy atom. The molecule has 0 bridgehead atoms. The molecule has 0 unspecified atom stereocenters. The fourth-order valence-corrected chi connectivity index (χ4v) is 8.52. The van der Waals surface area contributed by atoms with Gasteiger partial charge in [-0.05, 0) is 82.7 Å². The van der Waals surface area contributed by atoms with Gasteiger partial charge in [-0.2, -0.15) is 0 Å². The monoisotopic (exact) mass is 764 g/mol. The van der Waals surface area contributed by atoms with Gasteiger partial charge in [-0.1, -0.05) is 37.1 Å². The summed E-state index contributed by atoms with van der Waals surface area (Å²) in [6.07, 6.45) is 6.58. The maximum atomic E-state index is 14.7. The third kappa shape index (κ3) is 7.39. The number of sulfonamides is 1. The average molecular weight is 765 g/mol. The largest absolute Gasteiger partial charge is 0.471 e. The number of hydrogen-bond acceptors (Lipinski definition) is 9. The Morgan fingerprint density at radius 2 is 1.83 bits per heavy atom. The molecule has 2 aliphatic heterocycles. The van der Waals surface area contributed by atoms with Crippen LogP contribution < -0.4 is 20.1 Å². The van der Waals surface area contributed by atoms with Gasteiger partial charge in [0.15, 0.2) is 5.82 Å². The van der Waals surface area contributed by atoms with E-state index in [0.29, 0.717) is 43.3 Å². The number of para-hydroxylation sites is 1. The van der Waals surface area contributed by atoms with Gasteiger partial charge in [0.2, 0.25) is 27.7 Å². The van der Waals surface area contributed by atoms with Crippen molar-refractivity contribution < 1.29 is 41.1 Å². The summed E-state index contributed by atoms with van der Waals surface area (Å²) in [5.74, 6) is -4.55. The topological polar surface area (TPSA) is 177 Å². The summed E-state index contributed by atoms with van der Waals surface area (Å²) in [6, 6.07) is 7.10. The smallest absolute Gasteiger partial charge is 0.259 e. The fraction of sp³-hybridized carbons (Fsp3) is 0.474. The van der Waals surface area contributed by atoms with E-state index in [-0.39, 0.29) is 42.8 Å². The third-order valence-corrected chi connectivity index (χ3v) is 13.1. The number of fused-ring (bicyclic) bond motifs is 3. The Balaban J connectivity index is 1.20. The number of amides is 4. The molecule has 1 aromatic heterocycles. The van der Waals surface area contributed by atoms with Crippen LogP contribution in [0.3, 0.4) is 0 Å². The standard InChI is InChI=1S/C38H42F2N6O7S/c1-22-34(43-31-27(40)13-9-15-28(31)41-22)53-26-19-30-33(48)44-38(36(50)45-54(51,52)37(2)16-17-37)20-24(38)11-6-4-3-5-7-14-29(35(49)46(30)21-26)42-32(47)23-10-8-12-25(39)18-23/h6,8-13,15,18,24,26,29-30H,3-5,7,14,16-17,19-21H2,1-2H3,(H,42,47)(H,44,48)(H,45,50)/t24-,26-,29+,30+,38-/m1/s1. The highest BCUT2D eigenvalue weighted by Crippen LogP contribution is 2.47. The number of hydrogen-bond donors (Lipinski definition) is 3. The molecule has 3 heterocycles. The van der Waals surface area contributed by atoms with Crippen molar-refractivity contribution in [3.63, 3.8) is 0 Å². The fourth-order valence-electron chi connectivity index (χ4n) is 7.20. The van der Waals surface area contributed by atoms with E-state index in [1.54, 1.807) is 19.9 Å². The minimum Gasteiger partial charge on any atom is -0.471 e. The maximum absolute atomic E-state index is 14.7. The van der Waals surface area contributed by atoms with Gasteiger partial charge in [-0.15, -0.1) is 0 Å². The number of carbonyl (C=O) groups is 4. The Kier molecular flexibility index (Phi) is 9.91. The first-order valence-electron chi connectivity index (χ1n) is 18.2. The van der Waals surface area contributed by atoms with Gasteiger partial charge in [0.05, 0.1) is 16.8 Å². The summed E-state index contributed by atoms with van der Waals surface area (Å²) in [4.78, 5) is 66.0. The molecular formula is C38H42F2N6O7S. The number of aromatic nitrogens is 2. The number of carbonyl (C=O) groups excluding carboxylic acids is 4. The normalized spacial score (nSPS) is 26.8. The minimum atomic E-state index is -4.03. The van der Waals surface area contributed by atoms with Crippen LogP contribution in [0.1, 0.15) is 80.8 Å². The van der Waals surface area contributed by atoms with Gasteiger partial charge in [0.1, 0.15) is 40.8 Å². The Labute approximate surface area is 311 Å². The number of rotatable bonds is 7. The van der Waals surface area contributed by atoms with E-state index in [2.05, 4.69) is 25.3 Å². The first-order valence-corrected chi connectivity index (χ1v) is 19.7. The van der Waals surface area contributed by atoms with E-state index in [1.807, 2.05) is 12.2 Å². The van der Waals surface area contributed by atoms with Crippen LogP contribution >= 0.6 is 0 Å². The summed E-state index contributed by atoms with van der Waals surface area (Å²) in [6.45, 7) is 3.05. The first-order chi connectivity index (χ1) is 25.7.